The maximum atomic E-state index is 5.82. The molecule has 3 heterocycles. The molecule has 0 amide bonds. The minimum Gasteiger partial charge on any atom is -0.467 e. The van der Waals surface area contributed by atoms with E-state index < -0.39 is 0 Å². The Morgan fingerprint density at radius 2 is 2.06 bits per heavy atom. The van der Waals surface area contributed by atoms with Crippen LogP contribution in [0.5, 0.6) is 0 Å². The maximum Gasteiger partial charge on any atom is 0.127 e. The predicted molar refractivity (Wildman–Crippen MR) is 61.3 cm³/mol. The lowest BCUT2D eigenvalue weighted by Gasteiger charge is -2.44. The van der Waals surface area contributed by atoms with Gasteiger partial charge in [-0.1, -0.05) is 0 Å². The van der Waals surface area contributed by atoms with Crippen molar-refractivity contribution in [2.75, 3.05) is 6.54 Å². The van der Waals surface area contributed by atoms with Gasteiger partial charge in [0.15, 0.2) is 0 Å². The molecule has 2 unspecified atom stereocenters. The molecule has 2 aliphatic rings. The fourth-order valence-corrected chi connectivity index (χ4v) is 3.36. The second kappa shape index (κ2) is 3.60. The van der Waals surface area contributed by atoms with Gasteiger partial charge in [0, 0.05) is 6.54 Å². The van der Waals surface area contributed by atoms with Crippen molar-refractivity contribution in [2.45, 2.75) is 50.9 Å². The van der Waals surface area contributed by atoms with Crippen molar-refractivity contribution in [1.29, 1.82) is 0 Å². The van der Waals surface area contributed by atoms with E-state index in [1.165, 1.54) is 5.56 Å². The Morgan fingerprint density at radius 3 is 2.81 bits per heavy atom. The second-order valence-electron chi connectivity index (χ2n) is 5.20. The molecule has 0 bridgehead atoms. The molecule has 1 saturated heterocycles. The van der Waals surface area contributed by atoms with Crippen LogP contribution >= 0.6 is 0 Å². The molecule has 0 aliphatic carbocycles. The molecule has 0 aromatic carbocycles. The average Bonchev–Trinajstić information content (AvgIpc) is 2.65. The lowest BCUT2D eigenvalue weighted by atomic mass is 9.78. The Kier molecular flexibility index (Phi) is 2.33. The van der Waals surface area contributed by atoms with E-state index in [1.54, 1.807) is 0 Å². The van der Waals surface area contributed by atoms with Crippen LogP contribution in [0.3, 0.4) is 0 Å². The molecule has 1 aromatic heterocycles. The zero-order chi connectivity index (χ0) is 11.2. The SMILES string of the molecule is CC1CC2(CC(C)O1)NCCc1ccoc12. The van der Waals surface area contributed by atoms with Gasteiger partial charge in [-0.3, -0.25) is 0 Å². The van der Waals surface area contributed by atoms with Gasteiger partial charge in [0.25, 0.3) is 0 Å². The molecule has 3 nitrogen and oxygen atoms in total. The Hall–Kier alpha value is -0.800. The third-order valence-electron chi connectivity index (χ3n) is 3.78. The molecule has 1 fully saturated rings. The van der Waals surface area contributed by atoms with Crippen LogP contribution in [0.2, 0.25) is 0 Å². The number of hydrogen-bond donors (Lipinski definition) is 1. The van der Waals surface area contributed by atoms with E-state index in [0.717, 1.165) is 31.6 Å². The zero-order valence-corrected chi connectivity index (χ0v) is 9.95. The molecular weight excluding hydrogens is 202 g/mol. The van der Waals surface area contributed by atoms with Crippen molar-refractivity contribution in [3.63, 3.8) is 0 Å². The first kappa shape index (κ1) is 10.4. The Balaban J connectivity index is 2.00. The smallest absolute Gasteiger partial charge is 0.127 e. The minimum absolute atomic E-state index is 0.0220. The summed E-state index contributed by atoms with van der Waals surface area (Å²) in [5, 5.41) is 3.66. The summed E-state index contributed by atoms with van der Waals surface area (Å²) in [6.45, 7) is 5.35. The fraction of sp³-hybridized carbons (Fsp3) is 0.692. The zero-order valence-electron chi connectivity index (χ0n) is 9.95. The highest BCUT2D eigenvalue weighted by Gasteiger charge is 2.44. The summed E-state index contributed by atoms with van der Waals surface area (Å²) >= 11 is 0. The standard InChI is InChI=1S/C13H19NO2/c1-9-7-13(8-10(2)16-9)12-11(3-5-14-13)4-6-15-12/h4,6,9-10,14H,3,5,7-8H2,1-2H3. The summed E-state index contributed by atoms with van der Waals surface area (Å²) < 4.78 is 11.6. The van der Waals surface area contributed by atoms with Gasteiger partial charge < -0.3 is 14.5 Å². The third kappa shape index (κ3) is 1.50. The molecule has 1 aromatic rings. The van der Waals surface area contributed by atoms with Crippen molar-refractivity contribution < 1.29 is 9.15 Å². The molecule has 16 heavy (non-hydrogen) atoms. The predicted octanol–water partition coefficient (Wildman–Crippen LogP) is 2.21. The summed E-state index contributed by atoms with van der Waals surface area (Å²) in [6, 6.07) is 2.11. The number of hydrogen-bond acceptors (Lipinski definition) is 3. The Bertz CT molecular complexity index is 375. The summed E-state index contributed by atoms with van der Waals surface area (Å²) in [4.78, 5) is 0. The van der Waals surface area contributed by atoms with Gasteiger partial charge in [0.05, 0.1) is 24.0 Å². The normalized spacial score (nSPS) is 38.6. The first-order chi connectivity index (χ1) is 7.70. The van der Waals surface area contributed by atoms with E-state index in [1.807, 2.05) is 6.26 Å². The minimum atomic E-state index is 0.0220. The fourth-order valence-electron chi connectivity index (χ4n) is 3.36. The van der Waals surface area contributed by atoms with Gasteiger partial charge in [-0.05, 0) is 44.7 Å². The van der Waals surface area contributed by atoms with Crippen LogP contribution in [-0.2, 0) is 16.7 Å². The van der Waals surface area contributed by atoms with Crippen LogP contribution in [0.1, 0.15) is 38.0 Å². The van der Waals surface area contributed by atoms with Crippen LogP contribution in [0.25, 0.3) is 0 Å². The van der Waals surface area contributed by atoms with Crippen molar-refractivity contribution in [3.8, 4) is 0 Å². The maximum absolute atomic E-state index is 5.82. The molecule has 2 atom stereocenters. The molecule has 1 N–H and O–H groups in total. The largest absolute Gasteiger partial charge is 0.467 e. The molecule has 0 radical (unpaired) electrons. The summed E-state index contributed by atoms with van der Waals surface area (Å²) in [5.74, 6) is 1.15. The van der Waals surface area contributed by atoms with Gasteiger partial charge >= 0.3 is 0 Å². The lowest BCUT2D eigenvalue weighted by molar-refractivity contribution is -0.0777. The molecular formula is C13H19NO2. The summed E-state index contributed by atoms with van der Waals surface area (Å²) in [6.07, 6.45) is 5.52. The molecule has 1 spiro atoms. The van der Waals surface area contributed by atoms with E-state index in [-0.39, 0.29) is 5.54 Å². The quantitative estimate of drug-likeness (QED) is 0.729. The van der Waals surface area contributed by atoms with E-state index in [0.29, 0.717) is 12.2 Å². The second-order valence-corrected chi connectivity index (χ2v) is 5.20. The number of ether oxygens (including phenoxy) is 1. The third-order valence-corrected chi connectivity index (χ3v) is 3.78. The number of furan rings is 1. The van der Waals surface area contributed by atoms with Crippen molar-refractivity contribution in [1.82, 2.24) is 5.32 Å². The highest BCUT2D eigenvalue weighted by molar-refractivity contribution is 5.29. The van der Waals surface area contributed by atoms with Gasteiger partial charge in [0.1, 0.15) is 5.76 Å². The first-order valence-corrected chi connectivity index (χ1v) is 6.17. The van der Waals surface area contributed by atoms with E-state index >= 15 is 0 Å². The van der Waals surface area contributed by atoms with Crippen LogP contribution in [0, 0.1) is 0 Å². The van der Waals surface area contributed by atoms with E-state index in [2.05, 4.69) is 25.2 Å². The number of rotatable bonds is 0. The van der Waals surface area contributed by atoms with Crippen LogP contribution in [0.4, 0.5) is 0 Å². The van der Waals surface area contributed by atoms with Crippen LogP contribution < -0.4 is 5.32 Å². The van der Waals surface area contributed by atoms with Crippen molar-refractivity contribution in [2.24, 2.45) is 0 Å². The molecule has 0 saturated carbocycles. The molecule has 2 aliphatic heterocycles. The topological polar surface area (TPSA) is 34.4 Å². The van der Waals surface area contributed by atoms with E-state index in [4.69, 9.17) is 9.15 Å². The molecule has 3 heteroatoms. The monoisotopic (exact) mass is 221 g/mol. The molecule has 3 rings (SSSR count). The highest BCUT2D eigenvalue weighted by Crippen LogP contribution is 2.41. The van der Waals surface area contributed by atoms with Gasteiger partial charge in [-0.15, -0.1) is 0 Å². The van der Waals surface area contributed by atoms with Gasteiger partial charge in [-0.25, -0.2) is 0 Å². The van der Waals surface area contributed by atoms with Crippen molar-refractivity contribution in [3.05, 3.63) is 23.7 Å². The lowest BCUT2D eigenvalue weighted by Crippen LogP contribution is -2.53. The van der Waals surface area contributed by atoms with Gasteiger partial charge in [-0.2, -0.15) is 0 Å². The van der Waals surface area contributed by atoms with E-state index in [9.17, 15) is 0 Å². The molecule has 88 valence electrons. The van der Waals surface area contributed by atoms with Crippen molar-refractivity contribution >= 4 is 0 Å². The van der Waals surface area contributed by atoms with Crippen LogP contribution in [0.15, 0.2) is 16.7 Å². The first-order valence-electron chi connectivity index (χ1n) is 6.17. The summed E-state index contributed by atoms with van der Waals surface area (Å²) in [7, 11) is 0. The number of fused-ring (bicyclic) bond motifs is 2. The van der Waals surface area contributed by atoms with Crippen LogP contribution in [-0.4, -0.2) is 18.8 Å². The average molecular weight is 221 g/mol. The summed E-state index contributed by atoms with van der Waals surface area (Å²) in [5.41, 5.74) is 1.40. The highest BCUT2D eigenvalue weighted by atomic mass is 16.5. The van der Waals surface area contributed by atoms with Gasteiger partial charge in [0.2, 0.25) is 0 Å². The Labute approximate surface area is 96.2 Å². The number of nitrogens with one attached hydrogen (secondary N) is 1. The Morgan fingerprint density at radius 1 is 1.31 bits per heavy atom.